The minimum absolute atomic E-state index is 0.813. The number of piperidine rings is 1. The zero-order valence-corrected chi connectivity index (χ0v) is 12.3. The number of nitrogens with zero attached hydrogens (tertiary/aromatic N) is 2. The fourth-order valence-electron chi connectivity index (χ4n) is 3.97. The quantitative estimate of drug-likeness (QED) is 0.887. The van der Waals surface area contributed by atoms with Crippen LogP contribution >= 0.6 is 0 Å². The van der Waals surface area contributed by atoms with Crippen molar-refractivity contribution in [2.24, 2.45) is 0 Å². The smallest absolute Gasteiger partial charge is 0.0446 e. The molecule has 0 bridgehead atoms. The highest BCUT2D eigenvalue weighted by Crippen LogP contribution is 2.31. The van der Waals surface area contributed by atoms with Crippen LogP contribution in [0.15, 0.2) is 18.2 Å². The maximum absolute atomic E-state index is 3.48. The first kappa shape index (κ1) is 12.7. The van der Waals surface area contributed by atoms with Gasteiger partial charge in [-0.15, -0.1) is 0 Å². The summed E-state index contributed by atoms with van der Waals surface area (Å²) in [5, 5.41) is 3.48. The predicted molar refractivity (Wildman–Crippen MR) is 83.3 cm³/mol. The highest BCUT2D eigenvalue weighted by Gasteiger charge is 2.33. The van der Waals surface area contributed by atoms with Crippen LogP contribution in [0, 0.1) is 0 Å². The van der Waals surface area contributed by atoms with Crippen molar-refractivity contribution in [2.45, 2.75) is 38.3 Å². The van der Waals surface area contributed by atoms with Gasteiger partial charge < -0.3 is 10.2 Å². The molecule has 3 heteroatoms. The van der Waals surface area contributed by atoms with E-state index in [-0.39, 0.29) is 0 Å². The van der Waals surface area contributed by atoms with Gasteiger partial charge in [-0.05, 0) is 56.1 Å². The van der Waals surface area contributed by atoms with Crippen molar-refractivity contribution in [1.82, 2.24) is 10.2 Å². The molecule has 0 saturated carbocycles. The Bertz CT molecular complexity index is 473. The van der Waals surface area contributed by atoms with Crippen LogP contribution in [0.4, 0.5) is 5.69 Å². The van der Waals surface area contributed by atoms with Crippen molar-refractivity contribution in [3.63, 3.8) is 0 Å². The van der Waals surface area contributed by atoms with Crippen LogP contribution < -0.4 is 10.2 Å². The van der Waals surface area contributed by atoms with Gasteiger partial charge in [0.1, 0.15) is 0 Å². The summed E-state index contributed by atoms with van der Waals surface area (Å²) in [6.07, 6.45) is 5.44. The molecule has 20 heavy (non-hydrogen) atoms. The van der Waals surface area contributed by atoms with Gasteiger partial charge in [-0.3, -0.25) is 4.90 Å². The minimum Gasteiger partial charge on any atom is -0.368 e. The molecule has 0 radical (unpaired) electrons. The molecular weight excluding hydrogens is 246 g/mol. The van der Waals surface area contributed by atoms with Crippen molar-refractivity contribution < 1.29 is 0 Å². The molecule has 3 aliphatic rings. The van der Waals surface area contributed by atoms with Crippen LogP contribution in [-0.2, 0) is 13.0 Å². The van der Waals surface area contributed by atoms with Gasteiger partial charge in [0.05, 0.1) is 0 Å². The second-order valence-corrected chi connectivity index (χ2v) is 6.50. The molecule has 1 aromatic carbocycles. The van der Waals surface area contributed by atoms with Gasteiger partial charge in [0, 0.05) is 31.4 Å². The zero-order chi connectivity index (χ0) is 13.4. The van der Waals surface area contributed by atoms with E-state index in [4.69, 9.17) is 0 Å². The van der Waals surface area contributed by atoms with Gasteiger partial charge >= 0.3 is 0 Å². The highest BCUT2D eigenvalue weighted by atomic mass is 15.3. The summed E-state index contributed by atoms with van der Waals surface area (Å²) in [5.74, 6) is 0. The van der Waals surface area contributed by atoms with Crippen LogP contribution in [0.3, 0.4) is 0 Å². The van der Waals surface area contributed by atoms with E-state index < -0.39 is 0 Å². The van der Waals surface area contributed by atoms with Gasteiger partial charge in [0.2, 0.25) is 0 Å². The van der Waals surface area contributed by atoms with Crippen molar-refractivity contribution in [3.05, 3.63) is 29.3 Å². The van der Waals surface area contributed by atoms with E-state index in [0.717, 1.165) is 19.1 Å². The molecule has 1 N–H and O–H groups in total. The lowest BCUT2D eigenvalue weighted by atomic mass is 9.95. The molecule has 0 aliphatic carbocycles. The molecule has 3 aliphatic heterocycles. The van der Waals surface area contributed by atoms with E-state index in [0.29, 0.717) is 0 Å². The summed E-state index contributed by atoms with van der Waals surface area (Å²) in [6, 6.07) is 7.66. The van der Waals surface area contributed by atoms with Gasteiger partial charge in [-0.25, -0.2) is 0 Å². The van der Waals surface area contributed by atoms with Crippen LogP contribution in [0.2, 0.25) is 0 Å². The van der Waals surface area contributed by atoms with Crippen LogP contribution in [0.25, 0.3) is 0 Å². The molecule has 4 rings (SSSR count). The van der Waals surface area contributed by atoms with E-state index in [9.17, 15) is 0 Å². The zero-order valence-electron chi connectivity index (χ0n) is 12.3. The normalized spacial score (nSPS) is 24.3. The van der Waals surface area contributed by atoms with Gasteiger partial charge in [-0.1, -0.05) is 18.6 Å². The summed E-state index contributed by atoms with van der Waals surface area (Å²) < 4.78 is 0. The number of fused-ring (bicyclic) bond motifs is 1. The van der Waals surface area contributed by atoms with Crippen molar-refractivity contribution in [1.29, 1.82) is 0 Å². The topological polar surface area (TPSA) is 18.5 Å². The fraction of sp³-hybridized carbons (Fsp3) is 0.647. The molecule has 2 fully saturated rings. The molecule has 3 heterocycles. The number of hydrogen-bond acceptors (Lipinski definition) is 3. The number of anilines is 1. The maximum atomic E-state index is 3.48. The standard InChI is InChI=1S/C17H25N3/c1-2-9-19(10-3-1)15-12-20(13-15)17-6-4-5-14-11-18-8-7-16(14)17/h4-6,15,18H,1-3,7-13H2. The first-order valence-corrected chi connectivity index (χ1v) is 8.22. The summed E-state index contributed by atoms with van der Waals surface area (Å²) in [5.41, 5.74) is 4.62. The first-order valence-electron chi connectivity index (χ1n) is 8.22. The summed E-state index contributed by atoms with van der Waals surface area (Å²) in [6.45, 7) is 7.32. The SMILES string of the molecule is c1cc2c(c(N3CC(N4CCCCC4)C3)c1)CCNC2. The molecule has 0 spiro atoms. The van der Waals surface area contributed by atoms with Crippen molar-refractivity contribution in [2.75, 3.05) is 37.6 Å². The summed E-state index contributed by atoms with van der Waals surface area (Å²) >= 11 is 0. The van der Waals surface area contributed by atoms with E-state index in [2.05, 4.69) is 33.3 Å². The summed E-state index contributed by atoms with van der Waals surface area (Å²) in [4.78, 5) is 5.32. The Labute approximate surface area is 121 Å². The number of likely N-dealkylation sites (tertiary alicyclic amines) is 1. The molecule has 0 amide bonds. The number of nitrogens with one attached hydrogen (secondary N) is 1. The Morgan fingerprint density at radius 2 is 1.90 bits per heavy atom. The van der Waals surface area contributed by atoms with E-state index in [1.54, 1.807) is 5.56 Å². The van der Waals surface area contributed by atoms with Gasteiger partial charge in [-0.2, -0.15) is 0 Å². The van der Waals surface area contributed by atoms with E-state index in [1.807, 2.05) is 0 Å². The lowest BCUT2D eigenvalue weighted by molar-refractivity contribution is 0.138. The van der Waals surface area contributed by atoms with Crippen LogP contribution in [0.1, 0.15) is 30.4 Å². The Morgan fingerprint density at radius 1 is 1.05 bits per heavy atom. The second-order valence-electron chi connectivity index (χ2n) is 6.50. The highest BCUT2D eigenvalue weighted by molar-refractivity contribution is 5.59. The van der Waals surface area contributed by atoms with Crippen molar-refractivity contribution in [3.8, 4) is 0 Å². The van der Waals surface area contributed by atoms with Crippen LogP contribution in [-0.4, -0.2) is 43.7 Å². The Kier molecular flexibility index (Phi) is 3.41. The third-order valence-corrected chi connectivity index (χ3v) is 5.23. The first-order chi connectivity index (χ1) is 9.92. The number of rotatable bonds is 2. The maximum Gasteiger partial charge on any atom is 0.0446 e. The van der Waals surface area contributed by atoms with E-state index >= 15 is 0 Å². The monoisotopic (exact) mass is 271 g/mol. The van der Waals surface area contributed by atoms with Crippen LogP contribution in [0.5, 0.6) is 0 Å². The third-order valence-electron chi connectivity index (χ3n) is 5.23. The second kappa shape index (κ2) is 5.38. The van der Waals surface area contributed by atoms with Gasteiger partial charge in [0.15, 0.2) is 0 Å². The van der Waals surface area contributed by atoms with Gasteiger partial charge in [0.25, 0.3) is 0 Å². The average molecular weight is 271 g/mol. The molecule has 1 aromatic rings. The van der Waals surface area contributed by atoms with E-state index in [1.165, 1.54) is 63.1 Å². The summed E-state index contributed by atoms with van der Waals surface area (Å²) in [7, 11) is 0. The molecule has 0 aromatic heterocycles. The largest absolute Gasteiger partial charge is 0.368 e. The lowest BCUT2D eigenvalue weighted by Gasteiger charge is -2.48. The molecule has 3 nitrogen and oxygen atoms in total. The third kappa shape index (κ3) is 2.23. The molecule has 0 atom stereocenters. The number of hydrogen-bond donors (Lipinski definition) is 1. The predicted octanol–water partition coefficient (Wildman–Crippen LogP) is 2.01. The van der Waals surface area contributed by atoms with Crippen molar-refractivity contribution >= 4 is 5.69 Å². The molecule has 2 saturated heterocycles. The Balaban J connectivity index is 1.45. The fourth-order valence-corrected chi connectivity index (χ4v) is 3.97. The molecule has 108 valence electrons. The minimum atomic E-state index is 0.813. The lowest BCUT2D eigenvalue weighted by Crippen LogP contribution is -2.60. The average Bonchev–Trinajstić information content (AvgIpc) is 2.47. The number of benzene rings is 1. The molecule has 0 unspecified atom stereocenters. The Hall–Kier alpha value is -1.06. The Morgan fingerprint density at radius 3 is 2.75 bits per heavy atom. The molecular formula is C17H25N3.